The second-order valence-electron chi connectivity index (χ2n) is 4.51. The number of halogens is 1. The molecule has 0 saturated heterocycles. The third-order valence-corrected chi connectivity index (χ3v) is 5.08. The Balaban J connectivity index is 2.08. The summed E-state index contributed by atoms with van der Waals surface area (Å²) in [5.41, 5.74) is 2.11. The molecule has 0 spiro atoms. The summed E-state index contributed by atoms with van der Waals surface area (Å²) >= 11 is 9.22. The van der Waals surface area contributed by atoms with Crippen LogP contribution < -0.4 is 0 Å². The van der Waals surface area contributed by atoms with Gasteiger partial charge in [0.1, 0.15) is 5.01 Å². The molecule has 0 aliphatic rings. The normalized spacial score (nSPS) is 13.1. The van der Waals surface area contributed by atoms with E-state index < -0.39 is 0 Å². The minimum atomic E-state index is 0.337. The monoisotopic (exact) mass is 315 g/mol. The fraction of sp³-hybridized carbons (Fsp3) is 0.538. The van der Waals surface area contributed by atoms with Gasteiger partial charge in [-0.3, -0.25) is 4.90 Å². The lowest BCUT2D eigenvalue weighted by Gasteiger charge is -2.24. The highest BCUT2D eigenvalue weighted by atomic mass is 35.5. The molecule has 2 aromatic heterocycles. The van der Waals surface area contributed by atoms with Gasteiger partial charge in [-0.1, -0.05) is 6.92 Å². The summed E-state index contributed by atoms with van der Waals surface area (Å²) in [7, 11) is 2.13. The number of aryl methyl sites for hydroxylation is 1. The van der Waals surface area contributed by atoms with Crippen LogP contribution in [0.15, 0.2) is 10.8 Å². The highest BCUT2D eigenvalue weighted by Gasteiger charge is 2.19. The Kier molecular flexibility index (Phi) is 5.33. The average Bonchev–Trinajstić information content (AvgIpc) is 3.00. The first-order valence-electron chi connectivity index (χ1n) is 6.25. The Bertz CT molecular complexity index is 523. The zero-order valence-electron chi connectivity index (χ0n) is 11.4. The van der Waals surface area contributed by atoms with Gasteiger partial charge in [-0.25, -0.2) is 9.97 Å². The van der Waals surface area contributed by atoms with Crippen LogP contribution in [0.4, 0.5) is 0 Å². The van der Waals surface area contributed by atoms with Crippen molar-refractivity contribution < 1.29 is 0 Å². The molecule has 0 radical (unpaired) electrons. The molecule has 1 atom stereocenters. The molecule has 0 aliphatic carbocycles. The van der Waals surface area contributed by atoms with E-state index in [1.165, 1.54) is 0 Å². The number of hydrogen-bond donors (Lipinski definition) is 0. The van der Waals surface area contributed by atoms with Crippen molar-refractivity contribution >= 4 is 34.3 Å². The number of nitrogens with zero attached hydrogens (tertiary/aromatic N) is 3. The van der Waals surface area contributed by atoms with Gasteiger partial charge in [-0.05, 0) is 20.4 Å². The second kappa shape index (κ2) is 6.79. The maximum absolute atomic E-state index is 5.82. The van der Waals surface area contributed by atoms with E-state index in [0.29, 0.717) is 11.9 Å². The van der Waals surface area contributed by atoms with Crippen LogP contribution in [-0.4, -0.2) is 21.9 Å². The largest absolute Gasteiger partial charge is 0.291 e. The summed E-state index contributed by atoms with van der Waals surface area (Å²) in [5, 5.41) is 6.44. The molecule has 0 N–H and O–H groups in total. The Morgan fingerprint density at radius 1 is 1.26 bits per heavy atom. The van der Waals surface area contributed by atoms with E-state index in [1.54, 1.807) is 22.7 Å². The van der Waals surface area contributed by atoms with E-state index in [4.69, 9.17) is 11.6 Å². The van der Waals surface area contributed by atoms with Crippen molar-refractivity contribution in [2.45, 2.75) is 38.7 Å². The molecule has 2 heterocycles. The van der Waals surface area contributed by atoms with Crippen molar-refractivity contribution in [3.63, 3.8) is 0 Å². The zero-order chi connectivity index (χ0) is 13.8. The molecule has 0 bridgehead atoms. The van der Waals surface area contributed by atoms with Gasteiger partial charge in [0.05, 0.1) is 28.3 Å². The molecular formula is C13H18ClN3S2. The lowest BCUT2D eigenvalue weighted by atomic mass is 10.2. The average molecular weight is 316 g/mol. The molecule has 0 fully saturated rings. The van der Waals surface area contributed by atoms with Crippen LogP contribution in [0.5, 0.6) is 0 Å². The predicted octanol–water partition coefficient (Wildman–Crippen LogP) is 4.23. The summed E-state index contributed by atoms with van der Waals surface area (Å²) in [5.74, 6) is 0.488. The predicted molar refractivity (Wildman–Crippen MR) is 83.0 cm³/mol. The van der Waals surface area contributed by atoms with E-state index in [0.717, 1.165) is 34.4 Å². The molecule has 0 aliphatic heterocycles. The molecule has 2 rings (SSSR count). The van der Waals surface area contributed by atoms with Gasteiger partial charge in [-0.2, -0.15) is 0 Å². The van der Waals surface area contributed by atoms with Gasteiger partial charge in [-0.15, -0.1) is 34.3 Å². The van der Waals surface area contributed by atoms with E-state index in [2.05, 4.69) is 34.2 Å². The first kappa shape index (κ1) is 14.9. The van der Waals surface area contributed by atoms with Crippen LogP contribution in [0.1, 0.15) is 40.8 Å². The van der Waals surface area contributed by atoms with E-state index in [-0.39, 0.29) is 0 Å². The van der Waals surface area contributed by atoms with Crippen LogP contribution in [0.25, 0.3) is 0 Å². The highest BCUT2D eigenvalue weighted by Crippen LogP contribution is 2.28. The summed E-state index contributed by atoms with van der Waals surface area (Å²) in [6, 6.07) is 0.337. The van der Waals surface area contributed by atoms with E-state index in [9.17, 15) is 0 Å². The number of thiazole rings is 2. The quantitative estimate of drug-likeness (QED) is 0.747. The minimum Gasteiger partial charge on any atom is -0.291 e. The molecule has 19 heavy (non-hydrogen) atoms. The summed E-state index contributed by atoms with van der Waals surface area (Å²) in [4.78, 5) is 11.4. The SMILES string of the molecule is CCC(c1nc(CCl)cs1)N(C)Cc1csc(C)n1. The van der Waals surface area contributed by atoms with Gasteiger partial charge in [0.15, 0.2) is 0 Å². The van der Waals surface area contributed by atoms with Crippen molar-refractivity contribution in [2.75, 3.05) is 7.05 Å². The van der Waals surface area contributed by atoms with Crippen molar-refractivity contribution in [3.05, 3.63) is 32.2 Å². The lowest BCUT2D eigenvalue weighted by Crippen LogP contribution is -2.23. The first-order valence-corrected chi connectivity index (χ1v) is 8.55. The minimum absolute atomic E-state index is 0.337. The Morgan fingerprint density at radius 3 is 2.53 bits per heavy atom. The third kappa shape index (κ3) is 3.75. The van der Waals surface area contributed by atoms with Gasteiger partial charge in [0.25, 0.3) is 0 Å². The fourth-order valence-corrected chi connectivity index (χ4v) is 3.96. The van der Waals surface area contributed by atoms with Crippen LogP contribution >= 0.6 is 34.3 Å². The third-order valence-electron chi connectivity index (χ3n) is 2.99. The first-order chi connectivity index (χ1) is 9.13. The van der Waals surface area contributed by atoms with Gasteiger partial charge in [0.2, 0.25) is 0 Å². The maximum Gasteiger partial charge on any atom is 0.110 e. The summed E-state index contributed by atoms with van der Waals surface area (Å²) < 4.78 is 0. The Labute approximate surface area is 127 Å². The van der Waals surface area contributed by atoms with Crippen molar-refractivity contribution in [3.8, 4) is 0 Å². The number of rotatable bonds is 6. The fourth-order valence-electron chi connectivity index (χ4n) is 2.06. The number of alkyl halides is 1. The van der Waals surface area contributed by atoms with Crippen LogP contribution in [-0.2, 0) is 12.4 Å². The molecule has 1 unspecified atom stereocenters. The number of hydrogen-bond acceptors (Lipinski definition) is 5. The summed E-state index contributed by atoms with van der Waals surface area (Å²) in [6.45, 7) is 5.09. The smallest absolute Gasteiger partial charge is 0.110 e. The van der Waals surface area contributed by atoms with E-state index in [1.807, 2.05) is 12.3 Å². The second-order valence-corrected chi connectivity index (χ2v) is 6.73. The van der Waals surface area contributed by atoms with Crippen molar-refractivity contribution in [1.29, 1.82) is 0 Å². The molecule has 6 heteroatoms. The lowest BCUT2D eigenvalue weighted by molar-refractivity contribution is 0.227. The molecular weight excluding hydrogens is 298 g/mol. The molecule has 0 aromatic carbocycles. The van der Waals surface area contributed by atoms with Gasteiger partial charge >= 0.3 is 0 Å². The summed E-state index contributed by atoms with van der Waals surface area (Å²) in [6.07, 6.45) is 1.04. The number of aromatic nitrogens is 2. The van der Waals surface area contributed by atoms with Crippen LogP contribution in [0.2, 0.25) is 0 Å². The molecule has 2 aromatic rings. The van der Waals surface area contributed by atoms with Crippen molar-refractivity contribution in [2.24, 2.45) is 0 Å². The molecule has 3 nitrogen and oxygen atoms in total. The van der Waals surface area contributed by atoms with Crippen LogP contribution in [0.3, 0.4) is 0 Å². The Morgan fingerprint density at radius 2 is 2.00 bits per heavy atom. The van der Waals surface area contributed by atoms with Gasteiger partial charge < -0.3 is 0 Å². The topological polar surface area (TPSA) is 29.0 Å². The maximum atomic E-state index is 5.82. The Hall–Kier alpha value is -0.490. The standard InChI is InChI=1S/C13H18ClN3S2/c1-4-12(13-16-10(5-14)7-19-13)17(3)6-11-8-18-9(2)15-11/h7-8,12H,4-6H2,1-3H3. The van der Waals surface area contributed by atoms with Crippen LogP contribution in [0, 0.1) is 6.92 Å². The van der Waals surface area contributed by atoms with Crippen molar-refractivity contribution in [1.82, 2.24) is 14.9 Å². The van der Waals surface area contributed by atoms with E-state index >= 15 is 0 Å². The molecule has 0 saturated carbocycles. The van der Waals surface area contributed by atoms with Gasteiger partial charge in [0, 0.05) is 17.3 Å². The zero-order valence-corrected chi connectivity index (χ0v) is 13.8. The molecule has 104 valence electrons. The molecule has 0 amide bonds. The highest BCUT2D eigenvalue weighted by molar-refractivity contribution is 7.10.